The quantitative estimate of drug-likeness (QED) is 0.0756. The molecule has 0 aliphatic carbocycles. The van der Waals surface area contributed by atoms with Gasteiger partial charge in [0.15, 0.2) is 39.2 Å². The summed E-state index contributed by atoms with van der Waals surface area (Å²) in [7, 11) is -3.67. The van der Waals surface area contributed by atoms with Gasteiger partial charge >= 0.3 is 0 Å². The number of aliphatic hydroxyl groups excluding tert-OH is 1. The predicted octanol–water partition coefficient (Wildman–Crippen LogP) is 3.44. The Balaban J connectivity index is 0.00000202. The third-order valence-corrected chi connectivity index (χ3v) is 11.8. The summed E-state index contributed by atoms with van der Waals surface area (Å²) >= 11 is 5.73. The fourth-order valence-electron chi connectivity index (χ4n) is 5.52. The fraction of sp³-hybridized carbons (Fsp3) is 0.531. The van der Waals surface area contributed by atoms with E-state index in [1.165, 1.54) is 19.8 Å². The Kier molecular flexibility index (Phi) is 13.6. The van der Waals surface area contributed by atoms with Gasteiger partial charge in [-0.25, -0.2) is 32.7 Å². The van der Waals surface area contributed by atoms with Crippen molar-refractivity contribution in [2.45, 2.75) is 71.2 Å². The van der Waals surface area contributed by atoms with Crippen LogP contribution in [0.25, 0.3) is 11.2 Å². The number of sulfone groups is 1. The zero-order valence-electron chi connectivity index (χ0n) is 31.2. The molecule has 0 saturated carbocycles. The van der Waals surface area contributed by atoms with Gasteiger partial charge in [0.2, 0.25) is 1.43 Å². The van der Waals surface area contributed by atoms with Crippen LogP contribution in [-0.2, 0) is 28.5 Å². The maximum Gasteiger partial charge on any atom is 0.277 e. The van der Waals surface area contributed by atoms with Crippen molar-refractivity contribution in [1.82, 2.24) is 34.6 Å². The molecule has 2 aromatic heterocycles. The van der Waals surface area contributed by atoms with Crippen LogP contribution in [0, 0.1) is 0 Å². The van der Waals surface area contributed by atoms with Gasteiger partial charge in [0, 0.05) is 45.8 Å². The third kappa shape index (κ3) is 10.0. The minimum atomic E-state index is -3.17. The van der Waals surface area contributed by atoms with Crippen LogP contribution in [0.2, 0.25) is 0 Å². The molecule has 51 heavy (non-hydrogen) atoms. The number of amides is 1. The van der Waals surface area contributed by atoms with Gasteiger partial charge in [-0.3, -0.25) is 9.36 Å². The number of hydrogen-bond acceptors (Lipinski definition) is 14. The lowest BCUT2D eigenvalue weighted by Crippen LogP contribution is -2.47. The first kappa shape index (κ1) is 37.6. The summed E-state index contributed by atoms with van der Waals surface area (Å²) < 4.78 is 68.0. The normalized spacial score (nSPS) is 22.6. The molecule has 0 radical (unpaired) electrons. The second kappa shape index (κ2) is 18.5. The molecule has 2 fully saturated rings. The van der Waals surface area contributed by atoms with E-state index in [0.29, 0.717) is 23.3 Å². The van der Waals surface area contributed by atoms with Crippen LogP contribution >= 0.6 is 20.7 Å². The minimum absolute atomic E-state index is 0.0220. The van der Waals surface area contributed by atoms with Gasteiger partial charge < -0.3 is 29.3 Å². The van der Waals surface area contributed by atoms with Crippen molar-refractivity contribution in [2.75, 3.05) is 43.6 Å². The van der Waals surface area contributed by atoms with Crippen molar-refractivity contribution in [3.63, 3.8) is 0 Å². The summed E-state index contributed by atoms with van der Waals surface area (Å²) in [5.74, 6) is -0.276. The maximum absolute atomic E-state index is 13.0. The lowest BCUT2D eigenvalue weighted by molar-refractivity contribution is -0.0285. The van der Waals surface area contributed by atoms with Crippen molar-refractivity contribution in [3.8, 4) is 0 Å². The van der Waals surface area contributed by atoms with E-state index < -0.39 is 42.9 Å². The summed E-state index contributed by atoms with van der Waals surface area (Å²) in [6, 6.07) is 8.76. The van der Waals surface area contributed by atoms with Gasteiger partial charge in [-0.15, -0.1) is 6.58 Å². The molecular formula is C32H47N8O8PS2. The van der Waals surface area contributed by atoms with Gasteiger partial charge in [0.05, 0.1) is 23.9 Å². The molecule has 2 aliphatic heterocycles. The zero-order valence-corrected chi connectivity index (χ0v) is 31.8. The highest BCUT2D eigenvalue weighted by Gasteiger charge is 2.50. The molecule has 2 saturated heterocycles. The molecule has 1 amide bonds. The Labute approximate surface area is 308 Å². The zero-order chi connectivity index (χ0) is 38.7. The van der Waals surface area contributed by atoms with Gasteiger partial charge in [-0.1, -0.05) is 24.3 Å². The predicted molar refractivity (Wildman–Crippen MR) is 198 cm³/mol. The van der Waals surface area contributed by atoms with E-state index in [-0.39, 0.29) is 60.5 Å². The van der Waals surface area contributed by atoms with Crippen LogP contribution in [0.4, 0.5) is 5.82 Å². The van der Waals surface area contributed by atoms with Crippen LogP contribution in [0.5, 0.6) is 0 Å². The van der Waals surface area contributed by atoms with E-state index in [2.05, 4.69) is 42.1 Å². The number of carbonyl (C=O) groups excluding carboxylic acids is 1. The smallest absolute Gasteiger partial charge is 0.277 e. The molecule has 0 spiro atoms. The first-order chi connectivity index (χ1) is 25.3. The molecule has 19 heteroatoms. The van der Waals surface area contributed by atoms with E-state index >= 15 is 0 Å². The number of nitrogens with zero attached hydrogens (tertiary/aromatic N) is 6. The minimum Gasteiger partial charge on any atom is -0.460 e. The highest BCUT2D eigenvalue weighted by molar-refractivity contribution is 7.91. The first-order valence-electron chi connectivity index (χ1n) is 17.4. The van der Waals surface area contributed by atoms with Crippen LogP contribution in [0.1, 0.15) is 52.6 Å². The van der Waals surface area contributed by atoms with E-state index in [1.54, 1.807) is 39.8 Å². The second-order valence-corrected chi connectivity index (χ2v) is 16.0. The Bertz CT molecular complexity index is 1760. The molecule has 4 heterocycles. The molecule has 16 nitrogen and oxygen atoms in total. The SMILES string of the molecule is [2H]C[C@H]1O[C@@H](n2cnc3c(NC(=O)c4ccccc4)ncnc32)[C@@H](OC(=S)N2CCS(=O)(=O)CC2)C1OP(ONCC=C)N(C(C)C)C(C)C.[3H]OC. The molecule has 0 bridgehead atoms. The number of fused-ring (bicyclic) bond motifs is 1. The standard InChI is InChI=1S/C31H43N8O7PS2.CH4O/c1-7-13-35-46-47(39(20(2)3)21(4)5)45-25-22(6)43-30(26(25)44-31(48)37-14-16-49(41,42)17-15-37)38-19-34-24-27(32-18-33-28(24)38)36-29(40)23-11-9-8-10-12-23;1-2/h7-12,18-22,25-26,30,35H,1,13-17H2,2-6H3,(H,32,33,36,40);2H,1H3/t22-,25?,26+,30-,47?;/m1./s1/i6D;2T. The number of thiocarbonyl (C=S) groups is 1. The number of rotatable bonds is 13. The van der Waals surface area contributed by atoms with Crippen LogP contribution in [0.3, 0.4) is 0 Å². The summed E-state index contributed by atoms with van der Waals surface area (Å²) in [5, 5.41) is 6.38. The lowest BCUT2D eigenvalue weighted by atomic mass is 10.1. The molecule has 2 aliphatic rings. The number of imidazole rings is 1. The lowest BCUT2D eigenvalue weighted by Gasteiger charge is -2.38. The first-order valence-corrected chi connectivity index (χ1v) is 19.6. The monoisotopic (exact) mass is 769 g/mol. The second-order valence-electron chi connectivity index (χ2n) is 12.0. The molecule has 1 aromatic carbocycles. The highest BCUT2D eigenvalue weighted by atomic mass is 32.2. The average molecular weight is 770 g/mol. The Morgan fingerprint density at radius 1 is 1.24 bits per heavy atom. The van der Waals surface area contributed by atoms with Gasteiger partial charge in [0.1, 0.15) is 12.4 Å². The molecule has 3 aromatic rings. The Morgan fingerprint density at radius 3 is 2.55 bits per heavy atom. The maximum atomic E-state index is 13.0. The molecule has 3 N–H and O–H groups in total. The van der Waals surface area contributed by atoms with Crippen molar-refractivity contribution < 1.29 is 38.3 Å². The molecule has 5 rings (SSSR count). The summed E-state index contributed by atoms with van der Waals surface area (Å²) in [5.41, 5.74) is 3.98. The van der Waals surface area contributed by atoms with Crippen LogP contribution in [0.15, 0.2) is 55.6 Å². The summed E-state index contributed by atoms with van der Waals surface area (Å²) in [4.78, 5) is 28.0. The van der Waals surface area contributed by atoms with E-state index in [4.69, 9.17) is 33.6 Å². The Hall–Kier alpha value is -3.19. The molecule has 280 valence electrons. The summed E-state index contributed by atoms with van der Waals surface area (Å²) in [6.07, 6.45) is 0.872. The number of hydrogen-bond donors (Lipinski definition) is 3. The van der Waals surface area contributed by atoms with Gasteiger partial charge in [0.25, 0.3) is 19.6 Å². The largest absolute Gasteiger partial charge is 0.460 e. The number of carbonyl (C=O) groups is 1. The van der Waals surface area contributed by atoms with E-state index in [1.807, 2.05) is 33.8 Å². The van der Waals surface area contributed by atoms with Crippen molar-refractivity contribution in [1.29, 1.82) is 1.43 Å². The highest BCUT2D eigenvalue weighted by Crippen LogP contribution is 2.50. The van der Waals surface area contributed by atoms with Gasteiger partial charge in [-0.2, -0.15) is 5.48 Å². The van der Waals surface area contributed by atoms with Crippen LogP contribution < -0.4 is 10.8 Å². The number of hydroxylamine groups is 1. The average Bonchev–Trinajstić information content (AvgIpc) is 3.70. The van der Waals surface area contributed by atoms with E-state index in [9.17, 15) is 13.2 Å². The topological polar surface area (TPSA) is 182 Å². The number of anilines is 1. The third-order valence-electron chi connectivity index (χ3n) is 7.85. The molecular weight excluding hydrogens is 720 g/mol. The van der Waals surface area contributed by atoms with Crippen molar-refractivity contribution >= 4 is 58.6 Å². The van der Waals surface area contributed by atoms with Gasteiger partial charge in [-0.05, 0) is 58.9 Å². The molecule has 2 unspecified atom stereocenters. The summed E-state index contributed by atoms with van der Waals surface area (Å²) in [6.45, 7) is 12.4. The fourth-order valence-corrected chi connectivity index (χ4v) is 8.67. The number of aromatic nitrogens is 4. The number of benzene rings is 1. The number of aliphatic hydroxyl groups is 1. The number of ether oxygens (including phenoxy) is 2. The number of nitrogens with one attached hydrogen (secondary N) is 2. The molecule has 5 atom stereocenters. The van der Waals surface area contributed by atoms with E-state index in [0.717, 1.165) is 0 Å². The van der Waals surface area contributed by atoms with Crippen molar-refractivity contribution in [3.05, 3.63) is 61.2 Å². The van der Waals surface area contributed by atoms with Crippen LogP contribution in [-0.4, -0.2) is 124 Å². The van der Waals surface area contributed by atoms with Crippen molar-refractivity contribution in [2.24, 2.45) is 0 Å². The Morgan fingerprint density at radius 2 is 1.92 bits per heavy atom.